The zero-order valence-electron chi connectivity index (χ0n) is 11.4. The predicted molar refractivity (Wildman–Crippen MR) is 79.8 cm³/mol. The Morgan fingerprint density at radius 1 is 1.50 bits per heavy atom. The van der Waals surface area contributed by atoms with E-state index in [0.29, 0.717) is 25.8 Å². The van der Waals surface area contributed by atoms with Crippen LogP contribution in [0.5, 0.6) is 0 Å². The molecule has 112 valence electrons. The smallest absolute Gasteiger partial charge is 0.269 e. The Bertz CT molecular complexity index is 454. The molecule has 6 nitrogen and oxygen atoms in total. The molecule has 0 bridgehead atoms. The monoisotopic (exact) mass is 301 g/mol. The summed E-state index contributed by atoms with van der Waals surface area (Å²) in [6.45, 7) is 2.40. The number of nitrogens with zero attached hydrogens (tertiary/aromatic N) is 1. The molecule has 3 N–H and O–H groups in total. The van der Waals surface area contributed by atoms with E-state index in [9.17, 15) is 14.9 Å². The maximum Gasteiger partial charge on any atom is 0.269 e. The molecule has 1 amide bonds. The molecule has 0 aliphatic rings. The first-order chi connectivity index (χ1) is 9.08. The van der Waals surface area contributed by atoms with Crippen LogP contribution in [-0.2, 0) is 4.79 Å². The maximum absolute atomic E-state index is 11.7. The van der Waals surface area contributed by atoms with Gasteiger partial charge in [-0.2, -0.15) is 0 Å². The lowest BCUT2D eigenvalue weighted by Crippen LogP contribution is -2.28. The number of non-ortho nitro benzene ring substituents is 1. The number of carbonyl (C=O) groups is 1. The topological polar surface area (TPSA) is 98.3 Å². The number of amides is 1. The van der Waals surface area contributed by atoms with Gasteiger partial charge in [0.1, 0.15) is 0 Å². The number of halogens is 1. The quantitative estimate of drug-likeness (QED) is 0.596. The Morgan fingerprint density at radius 3 is 2.75 bits per heavy atom. The van der Waals surface area contributed by atoms with Gasteiger partial charge in [-0.1, -0.05) is 19.1 Å². The Balaban J connectivity index is 0.00000361. The molecule has 0 radical (unpaired) electrons. The number of carbonyl (C=O) groups excluding carboxylic acids is 1. The summed E-state index contributed by atoms with van der Waals surface area (Å²) >= 11 is 0. The summed E-state index contributed by atoms with van der Waals surface area (Å²) in [4.78, 5) is 22.0. The minimum absolute atomic E-state index is 0. The van der Waals surface area contributed by atoms with Crippen molar-refractivity contribution in [2.24, 2.45) is 5.73 Å². The summed E-state index contributed by atoms with van der Waals surface area (Å²) in [5.41, 5.74) is 6.13. The van der Waals surface area contributed by atoms with Gasteiger partial charge < -0.3 is 11.1 Å². The van der Waals surface area contributed by atoms with Crippen molar-refractivity contribution in [1.29, 1.82) is 0 Å². The van der Waals surface area contributed by atoms with Crippen molar-refractivity contribution in [2.75, 3.05) is 6.54 Å². The molecule has 0 saturated heterocycles. The standard InChI is InChI=1S/C13H19N3O3.ClH/c1-2-12(15-13(17)7-4-8-14)10-5-3-6-11(9-10)16(18)19;/h3,5-6,9,12H,2,4,7-8,14H2,1H3,(H,15,17);1H. The van der Waals surface area contributed by atoms with Gasteiger partial charge in [0.25, 0.3) is 5.69 Å². The third-order valence-electron chi connectivity index (χ3n) is 2.83. The molecule has 1 atom stereocenters. The minimum Gasteiger partial charge on any atom is -0.349 e. The van der Waals surface area contributed by atoms with Gasteiger partial charge in [-0.25, -0.2) is 0 Å². The maximum atomic E-state index is 11.7. The summed E-state index contributed by atoms with van der Waals surface area (Å²) < 4.78 is 0. The molecule has 1 aromatic carbocycles. The molecular weight excluding hydrogens is 282 g/mol. The molecule has 20 heavy (non-hydrogen) atoms. The molecular formula is C13H20ClN3O3. The fourth-order valence-corrected chi connectivity index (χ4v) is 1.81. The van der Waals surface area contributed by atoms with Crippen LogP contribution >= 0.6 is 12.4 Å². The molecule has 0 aliphatic carbocycles. The SMILES string of the molecule is CCC(NC(=O)CCCN)c1cccc([N+](=O)[O-])c1.Cl. The second-order valence-corrected chi connectivity index (χ2v) is 4.27. The first-order valence-electron chi connectivity index (χ1n) is 6.32. The van der Waals surface area contributed by atoms with Crippen molar-refractivity contribution in [1.82, 2.24) is 5.32 Å². The Labute approximate surface area is 124 Å². The number of nitro benzene ring substituents is 1. The van der Waals surface area contributed by atoms with E-state index in [1.807, 2.05) is 6.92 Å². The zero-order chi connectivity index (χ0) is 14.3. The minimum atomic E-state index is -0.438. The summed E-state index contributed by atoms with van der Waals surface area (Å²) in [6.07, 6.45) is 1.69. The second kappa shape index (κ2) is 9.28. The van der Waals surface area contributed by atoms with Crippen LogP contribution in [0.2, 0.25) is 0 Å². The van der Waals surface area contributed by atoms with Gasteiger partial charge in [0.2, 0.25) is 5.91 Å². The van der Waals surface area contributed by atoms with Gasteiger partial charge in [0.15, 0.2) is 0 Å². The predicted octanol–water partition coefficient (Wildman–Crippen LogP) is 2.32. The molecule has 0 heterocycles. The summed E-state index contributed by atoms with van der Waals surface area (Å²) in [6, 6.07) is 6.14. The highest BCUT2D eigenvalue weighted by atomic mass is 35.5. The van der Waals surface area contributed by atoms with Crippen molar-refractivity contribution < 1.29 is 9.72 Å². The van der Waals surface area contributed by atoms with Crippen LogP contribution in [0.4, 0.5) is 5.69 Å². The molecule has 0 fully saturated rings. The van der Waals surface area contributed by atoms with Gasteiger partial charge in [-0.3, -0.25) is 14.9 Å². The first kappa shape index (κ1) is 18.3. The van der Waals surface area contributed by atoms with Crippen LogP contribution in [-0.4, -0.2) is 17.4 Å². The van der Waals surface area contributed by atoms with Crippen LogP contribution in [0, 0.1) is 10.1 Å². The third kappa shape index (κ3) is 5.54. The summed E-state index contributed by atoms with van der Waals surface area (Å²) in [7, 11) is 0. The second-order valence-electron chi connectivity index (χ2n) is 4.27. The number of benzene rings is 1. The van der Waals surface area contributed by atoms with E-state index < -0.39 is 4.92 Å². The fraction of sp³-hybridized carbons (Fsp3) is 0.462. The molecule has 1 aromatic rings. The largest absolute Gasteiger partial charge is 0.349 e. The lowest BCUT2D eigenvalue weighted by Gasteiger charge is -2.17. The first-order valence-corrected chi connectivity index (χ1v) is 6.32. The number of hydrogen-bond donors (Lipinski definition) is 2. The van der Waals surface area contributed by atoms with E-state index >= 15 is 0 Å². The molecule has 0 spiro atoms. The van der Waals surface area contributed by atoms with Gasteiger partial charge in [0.05, 0.1) is 11.0 Å². The lowest BCUT2D eigenvalue weighted by molar-refractivity contribution is -0.384. The normalized spacial score (nSPS) is 11.3. The van der Waals surface area contributed by atoms with Gasteiger partial charge in [-0.05, 0) is 24.9 Å². The Kier molecular flexibility index (Phi) is 8.51. The average molecular weight is 302 g/mol. The molecule has 1 rings (SSSR count). The van der Waals surface area contributed by atoms with Gasteiger partial charge in [0, 0.05) is 18.6 Å². The van der Waals surface area contributed by atoms with Gasteiger partial charge >= 0.3 is 0 Å². The van der Waals surface area contributed by atoms with E-state index in [1.165, 1.54) is 12.1 Å². The van der Waals surface area contributed by atoms with Crippen molar-refractivity contribution in [2.45, 2.75) is 32.2 Å². The van der Waals surface area contributed by atoms with E-state index in [4.69, 9.17) is 5.73 Å². The van der Waals surface area contributed by atoms with E-state index in [0.717, 1.165) is 5.56 Å². The number of nitro groups is 1. The van der Waals surface area contributed by atoms with Crippen LogP contribution in [0.25, 0.3) is 0 Å². The van der Waals surface area contributed by atoms with Crippen LogP contribution in [0.3, 0.4) is 0 Å². The summed E-state index contributed by atoms with van der Waals surface area (Å²) in [5.74, 6) is -0.0798. The molecule has 0 saturated carbocycles. The van der Waals surface area contributed by atoms with Crippen LogP contribution in [0.15, 0.2) is 24.3 Å². The number of nitrogens with one attached hydrogen (secondary N) is 1. The van der Waals surface area contributed by atoms with E-state index in [1.54, 1.807) is 12.1 Å². The molecule has 7 heteroatoms. The number of nitrogens with two attached hydrogens (primary N) is 1. The highest BCUT2D eigenvalue weighted by Crippen LogP contribution is 2.21. The van der Waals surface area contributed by atoms with E-state index in [2.05, 4.69) is 5.32 Å². The summed E-state index contributed by atoms with van der Waals surface area (Å²) in [5, 5.41) is 13.6. The average Bonchev–Trinajstić information content (AvgIpc) is 2.42. The van der Waals surface area contributed by atoms with Crippen molar-refractivity contribution >= 4 is 24.0 Å². The Morgan fingerprint density at radius 2 is 2.20 bits per heavy atom. The lowest BCUT2D eigenvalue weighted by atomic mass is 10.0. The fourth-order valence-electron chi connectivity index (χ4n) is 1.81. The Hall–Kier alpha value is -1.66. The van der Waals surface area contributed by atoms with Crippen LogP contribution < -0.4 is 11.1 Å². The number of hydrogen-bond acceptors (Lipinski definition) is 4. The molecule has 0 aromatic heterocycles. The highest BCUT2D eigenvalue weighted by molar-refractivity contribution is 5.85. The third-order valence-corrected chi connectivity index (χ3v) is 2.83. The van der Waals surface area contributed by atoms with Crippen molar-refractivity contribution in [3.63, 3.8) is 0 Å². The number of rotatable bonds is 7. The highest BCUT2D eigenvalue weighted by Gasteiger charge is 2.15. The van der Waals surface area contributed by atoms with Crippen LogP contribution in [0.1, 0.15) is 37.8 Å². The van der Waals surface area contributed by atoms with E-state index in [-0.39, 0.29) is 30.0 Å². The molecule has 1 unspecified atom stereocenters. The van der Waals surface area contributed by atoms with Crippen molar-refractivity contribution in [3.05, 3.63) is 39.9 Å². The molecule has 0 aliphatic heterocycles. The van der Waals surface area contributed by atoms with Gasteiger partial charge in [-0.15, -0.1) is 12.4 Å². The zero-order valence-corrected chi connectivity index (χ0v) is 12.2. The van der Waals surface area contributed by atoms with Crippen molar-refractivity contribution in [3.8, 4) is 0 Å².